The number of para-hydroxylation sites is 2. The average molecular weight is 439 g/mol. The fourth-order valence-electron chi connectivity index (χ4n) is 2.93. The van der Waals surface area contributed by atoms with Crippen molar-refractivity contribution < 1.29 is 19.8 Å². The lowest BCUT2D eigenvalue weighted by Gasteiger charge is -2.20. The maximum absolute atomic E-state index is 11.7. The first-order chi connectivity index (χ1) is 14.4. The number of rotatable bonds is 8. The van der Waals surface area contributed by atoms with Crippen molar-refractivity contribution in [3.8, 4) is 0 Å². The topological polar surface area (TPSA) is 132 Å². The average Bonchev–Trinajstić information content (AvgIpc) is 2.72. The van der Waals surface area contributed by atoms with E-state index >= 15 is 0 Å². The van der Waals surface area contributed by atoms with Crippen molar-refractivity contribution in [1.29, 1.82) is 0 Å². The molecule has 3 aromatic carbocycles. The van der Waals surface area contributed by atoms with Crippen LogP contribution in [0.1, 0.15) is 31.8 Å². The van der Waals surface area contributed by atoms with Crippen LogP contribution >= 0.6 is 23.5 Å². The van der Waals surface area contributed by atoms with E-state index in [0.29, 0.717) is 22.5 Å². The predicted octanol–water partition coefficient (Wildman–Crippen LogP) is 2.16. The monoisotopic (exact) mass is 438 g/mol. The molecule has 0 aliphatic heterocycles. The zero-order chi connectivity index (χ0) is 21.7. The van der Waals surface area contributed by atoms with Crippen LogP contribution in [0.25, 0.3) is 0 Å². The number of benzene rings is 3. The quantitative estimate of drug-likeness (QED) is 0.404. The lowest BCUT2D eigenvalue weighted by atomic mass is 9.98. The van der Waals surface area contributed by atoms with E-state index in [4.69, 9.17) is 11.5 Å². The van der Waals surface area contributed by atoms with Crippen LogP contribution in [-0.4, -0.2) is 11.9 Å². The van der Waals surface area contributed by atoms with Crippen molar-refractivity contribution >= 4 is 46.8 Å². The SMILES string of the molecule is Nc1ccccc1SCc1c(C(=O)[O-])ccc(C(=O)[O-])c1CSc1ccccc1N. The molecule has 0 aliphatic carbocycles. The second kappa shape index (κ2) is 9.60. The summed E-state index contributed by atoms with van der Waals surface area (Å²) in [5, 5.41) is 23.5. The van der Waals surface area contributed by atoms with Crippen LogP contribution in [0.15, 0.2) is 70.5 Å². The molecule has 154 valence electrons. The van der Waals surface area contributed by atoms with E-state index in [1.165, 1.54) is 35.7 Å². The van der Waals surface area contributed by atoms with Gasteiger partial charge in [-0.2, -0.15) is 0 Å². The summed E-state index contributed by atoms with van der Waals surface area (Å²) in [5.74, 6) is -2.33. The number of hydrogen-bond donors (Lipinski definition) is 2. The Hall–Kier alpha value is -3.10. The first-order valence-electron chi connectivity index (χ1n) is 8.90. The number of aromatic carboxylic acids is 2. The van der Waals surface area contributed by atoms with Crippen molar-refractivity contribution in [1.82, 2.24) is 0 Å². The van der Waals surface area contributed by atoms with Crippen LogP contribution < -0.4 is 21.7 Å². The molecule has 0 atom stereocenters. The van der Waals surface area contributed by atoms with Gasteiger partial charge in [-0.3, -0.25) is 0 Å². The Morgan fingerprint density at radius 2 is 1.03 bits per heavy atom. The van der Waals surface area contributed by atoms with Gasteiger partial charge in [0.1, 0.15) is 0 Å². The van der Waals surface area contributed by atoms with E-state index in [1.54, 1.807) is 24.3 Å². The summed E-state index contributed by atoms with van der Waals surface area (Å²) in [5.41, 5.74) is 13.7. The summed E-state index contributed by atoms with van der Waals surface area (Å²) in [6, 6.07) is 16.9. The Balaban J connectivity index is 2.01. The number of carboxylic acids is 2. The van der Waals surface area contributed by atoms with E-state index in [-0.39, 0.29) is 22.6 Å². The van der Waals surface area contributed by atoms with E-state index < -0.39 is 11.9 Å². The number of carbonyl (C=O) groups is 2. The second-order valence-corrected chi connectivity index (χ2v) is 8.38. The summed E-state index contributed by atoms with van der Waals surface area (Å²) in [7, 11) is 0. The minimum Gasteiger partial charge on any atom is -0.545 e. The molecule has 0 saturated carbocycles. The van der Waals surface area contributed by atoms with Crippen molar-refractivity contribution in [2.24, 2.45) is 0 Å². The van der Waals surface area contributed by atoms with Crippen molar-refractivity contribution in [3.05, 3.63) is 82.9 Å². The number of hydrogen-bond acceptors (Lipinski definition) is 8. The van der Waals surface area contributed by atoms with Crippen LogP contribution in [0, 0.1) is 0 Å². The smallest absolute Gasteiger partial charge is 0.0718 e. The van der Waals surface area contributed by atoms with Crippen LogP contribution in [0.4, 0.5) is 11.4 Å². The molecule has 4 N–H and O–H groups in total. The highest BCUT2D eigenvalue weighted by atomic mass is 32.2. The molecule has 8 heteroatoms. The number of carbonyl (C=O) groups excluding carboxylic acids is 2. The molecule has 6 nitrogen and oxygen atoms in total. The van der Waals surface area contributed by atoms with Crippen LogP contribution in [-0.2, 0) is 11.5 Å². The molecule has 0 radical (unpaired) electrons. The van der Waals surface area contributed by atoms with Gasteiger partial charge in [-0.1, -0.05) is 36.4 Å². The molecule has 0 aliphatic rings. The zero-order valence-electron chi connectivity index (χ0n) is 15.8. The summed E-state index contributed by atoms with van der Waals surface area (Å²) >= 11 is 2.66. The second-order valence-electron chi connectivity index (χ2n) is 6.35. The Morgan fingerprint density at radius 3 is 1.37 bits per heavy atom. The van der Waals surface area contributed by atoms with Gasteiger partial charge in [-0.05, 0) is 35.4 Å². The predicted molar refractivity (Wildman–Crippen MR) is 116 cm³/mol. The minimum atomic E-state index is -1.37. The number of nitrogen functional groups attached to an aromatic ring is 2. The standard InChI is InChI=1S/C22H20N2O4S2/c23-17-5-1-3-7-19(17)29-11-15-13(21(25)26)9-10-14(22(27)28)16(15)12-30-20-8-4-2-6-18(20)24/h1-10H,11-12,23-24H2,(H,25,26)(H,27,28)/p-2. The zero-order valence-corrected chi connectivity index (χ0v) is 17.4. The summed E-state index contributed by atoms with van der Waals surface area (Å²) in [6.45, 7) is 0. The molecule has 0 aromatic heterocycles. The number of anilines is 2. The highest BCUT2D eigenvalue weighted by Crippen LogP contribution is 2.35. The fourth-order valence-corrected chi connectivity index (χ4v) is 5.01. The highest BCUT2D eigenvalue weighted by Gasteiger charge is 2.17. The van der Waals surface area contributed by atoms with Gasteiger partial charge in [0.05, 0.1) is 11.9 Å². The minimum absolute atomic E-state index is 0.0568. The van der Waals surface area contributed by atoms with Gasteiger partial charge in [0.15, 0.2) is 0 Å². The third-order valence-electron chi connectivity index (χ3n) is 4.45. The molecular weight excluding hydrogens is 420 g/mol. The molecule has 0 saturated heterocycles. The normalized spacial score (nSPS) is 10.7. The molecule has 0 heterocycles. The fraction of sp³-hybridized carbons (Fsp3) is 0.0909. The van der Waals surface area contributed by atoms with Gasteiger partial charge in [0.2, 0.25) is 0 Å². The summed E-state index contributed by atoms with van der Waals surface area (Å²) in [4.78, 5) is 25.0. The molecule has 30 heavy (non-hydrogen) atoms. The number of carboxylic acid groups (broad SMARTS) is 2. The molecule has 0 spiro atoms. The number of thioether (sulfide) groups is 2. The first-order valence-corrected chi connectivity index (χ1v) is 10.9. The third-order valence-corrected chi connectivity index (χ3v) is 6.68. The summed E-state index contributed by atoms with van der Waals surface area (Å²) < 4.78 is 0. The first kappa shape index (κ1) is 21.6. The van der Waals surface area contributed by atoms with Gasteiger partial charge >= 0.3 is 0 Å². The van der Waals surface area contributed by atoms with E-state index in [0.717, 1.165) is 9.79 Å². The van der Waals surface area contributed by atoms with Crippen LogP contribution in [0.2, 0.25) is 0 Å². The maximum atomic E-state index is 11.7. The Morgan fingerprint density at radius 1 is 0.667 bits per heavy atom. The Bertz CT molecular complexity index is 1020. The van der Waals surface area contributed by atoms with Gasteiger partial charge in [-0.25, -0.2) is 0 Å². The molecular formula is C22H18N2O4S2-2. The van der Waals surface area contributed by atoms with E-state index in [1.807, 2.05) is 24.3 Å². The lowest BCUT2D eigenvalue weighted by molar-refractivity contribution is -0.256. The van der Waals surface area contributed by atoms with Gasteiger partial charge in [0, 0.05) is 43.8 Å². The van der Waals surface area contributed by atoms with Crippen LogP contribution in [0.5, 0.6) is 0 Å². The van der Waals surface area contributed by atoms with Gasteiger partial charge < -0.3 is 31.3 Å². The van der Waals surface area contributed by atoms with Gasteiger partial charge in [-0.15, -0.1) is 23.5 Å². The van der Waals surface area contributed by atoms with Crippen molar-refractivity contribution in [3.63, 3.8) is 0 Å². The third kappa shape index (κ3) is 4.90. The molecule has 3 rings (SSSR count). The number of nitrogens with two attached hydrogens (primary N) is 2. The van der Waals surface area contributed by atoms with Gasteiger partial charge in [0.25, 0.3) is 0 Å². The largest absolute Gasteiger partial charge is 0.545 e. The molecule has 0 unspecified atom stereocenters. The Kier molecular flexibility index (Phi) is 6.91. The van der Waals surface area contributed by atoms with Crippen molar-refractivity contribution in [2.45, 2.75) is 21.3 Å². The summed E-state index contributed by atoms with van der Waals surface area (Å²) in [6.07, 6.45) is 0. The van der Waals surface area contributed by atoms with E-state index in [9.17, 15) is 19.8 Å². The molecule has 3 aromatic rings. The lowest BCUT2D eigenvalue weighted by Crippen LogP contribution is -2.28. The van der Waals surface area contributed by atoms with Crippen molar-refractivity contribution in [2.75, 3.05) is 11.5 Å². The molecule has 0 amide bonds. The van der Waals surface area contributed by atoms with E-state index in [2.05, 4.69) is 0 Å². The Labute approximate surface area is 182 Å². The maximum Gasteiger partial charge on any atom is 0.0718 e. The highest BCUT2D eigenvalue weighted by molar-refractivity contribution is 7.99. The molecule has 0 fully saturated rings. The molecule has 0 bridgehead atoms. The van der Waals surface area contributed by atoms with Crippen LogP contribution in [0.3, 0.4) is 0 Å².